The smallest absolute Gasteiger partial charge is 0.256 e. The number of rotatable bonds is 3. The van der Waals surface area contributed by atoms with Crippen LogP contribution in [0.25, 0.3) is 11.6 Å². The van der Waals surface area contributed by atoms with Gasteiger partial charge in [-0.3, -0.25) is 9.69 Å². The fourth-order valence-electron chi connectivity index (χ4n) is 3.09. The second-order valence-electron chi connectivity index (χ2n) is 6.09. The number of benzene rings is 1. The summed E-state index contributed by atoms with van der Waals surface area (Å²) in [5.41, 5.74) is 1.84. The lowest BCUT2D eigenvalue weighted by Gasteiger charge is -2.27. The molecule has 0 aliphatic carbocycles. The van der Waals surface area contributed by atoms with Gasteiger partial charge in [-0.05, 0) is 30.3 Å². The Kier molecular flexibility index (Phi) is 3.77. The van der Waals surface area contributed by atoms with Crippen LogP contribution in [-0.4, -0.2) is 31.6 Å². The average molecular weight is 339 g/mol. The molecular formula is C18H17N3O4. The van der Waals surface area contributed by atoms with Crippen LogP contribution in [0.15, 0.2) is 45.8 Å². The molecule has 0 fully saturated rings. The van der Waals surface area contributed by atoms with Gasteiger partial charge in [-0.25, -0.2) is 4.98 Å². The van der Waals surface area contributed by atoms with Crippen molar-refractivity contribution in [1.82, 2.24) is 14.9 Å². The zero-order chi connectivity index (χ0) is 17.4. The summed E-state index contributed by atoms with van der Waals surface area (Å²) >= 11 is 0. The minimum atomic E-state index is -0.179. The van der Waals surface area contributed by atoms with Crippen molar-refractivity contribution < 1.29 is 14.6 Å². The Morgan fingerprint density at radius 2 is 2.16 bits per heavy atom. The highest BCUT2D eigenvalue weighted by Gasteiger charge is 2.22. The van der Waals surface area contributed by atoms with Gasteiger partial charge < -0.3 is 19.6 Å². The van der Waals surface area contributed by atoms with Crippen molar-refractivity contribution in [2.75, 3.05) is 6.54 Å². The Bertz CT molecular complexity index is 963. The Labute approximate surface area is 143 Å². The first kappa shape index (κ1) is 15.5. The molecule has 25 heavy (non-hydrogen) atoms. The molecule has 7 heteroatoms. The standard InChI is InChI=1S/C18H17N3O4/c22-12-3-4-15(23)11(8-12)9-21-6-5-14-13(10-21)18(24)20-17(19-14)16-2-1-7-25-16/h1-4,7-8,22-23H,5-6,9-10H2,(H,19,20,24). The number of hydrogen-bond donors (Lipinski definition) is 3. The minimum absolute atomic E-state index is 0.104. The van der Waals surface area contributed by atoms with E-state index in [2.05, 4.69) is 9.97 Å². The number of aromatic hydroxyl groups is 2. The lowest BCUT2D eigenvalue weighted by molar-refractivity contribution is 0.238. The third-order valence-corrected chi connectivity index (χ3v) is 4.36. The molecule has 0 unspecified atom stereocenters. The van der Waals surface area contributed by atoms with Crippen molar-refractivity contribution in [2.24, 2.45) is 0 Å². The van der Waals surface area contributed by atoms with Gasteiger partial charge in [0.2, 0.25) is 0 Å². The molecule has 3 N–H and O–H groups in total. The SMILES string of the molecule is O=c1[nH]c(-c2ccco2)nc2c1CN(Cc1cc(O)ccc1O)CC2. The summed E-state index contributed by atoms with van der Waals surface area (Å²) in [5.74, 6) is 1.21. The molecule has 0 bridgehead atoms. The van der Waals surface area contributed by atoms with Gasteiger partial charge in [0.15, 0.2) is 11.6 Å². The third-order valence-electron chi connectivity index (χ3n) is 4.36. The first-order valence-corrected chi connectivity index (χ1v) is 7.99. The molecule has 0 amide bonds. The van der Waals surface area contributed by atoms with E-state index in [4.69, 9.17) is 4.42 Å². The van der Waals surface area contributed by atoms with Crippen LogP contribution in [0.5, 0.6) is 11.5 Å². The maximum absolute atomic E-state index is 12.4. The van der Waals surface area contributed by atoms with Crippen LogP contribution in [0.2, 0.25) is 0 Å². The van der Waals surface area contributed by atoms with Crippen molar-refractivity contribution in [2.45, 2.75) is 19.5 Å². The van der Waals surface area contributed by atoms with Crippen LogP contribution >= 0.6 is 0 Å². The van der Waals surface area contributed by atoms with Gasteiger partial charge in [0.1, 0.15) is 11.5 Å². The van der Waals surface area contributed by atoms with E-state index in [9.17, 15) is 15.0 Å². The maximum Gasteiger partial charge on any atom is 0.256 e. The molecule has 0 spiro atoms. The van der Waals surface area contributed by atoms with Crippen LogP contribution in [-0.2, 0) is 19.5 Å². The number of aromatic nitrogens is 2. The molecule has 3 heterocycles. The number of H-pyrrole nitrogens is 1. The Balaban J connectivity index is 1.59. The highest BCUT2D eigenvalue weighted by atomic mass is 16.3. The summed E-state index contributed by atoms with van der Waals surface area (Å²) in [6, 6.07) is 7.94. The fraction of sp³-hybridized carbons (Fsp3) is 0.222. The molecule has 0 radical (unpaired) electrons. The second kappa shape index (κ2) is 6.10. The molecule has 3 aromatic rings. The van der Waals surface area contributed by atoms with Gasteiger partial charge in [0, 0.05) is 31.6 Å². The van der Waals surface area contributed by atoms with E-state index >= 15 is 0 Å². The lowest BCUT2D eigenvalue weighted by Crippen LogP contribution is -2.35. The predicted molar refractivity (Wildman–Crippen MR) is 90.1 cm³/mol. The largest absolute Gasteiger partial charge is 0.508 e. The van der Waals surface area contributed by atoms with Gasteiger partial charge in [0.05, 0.1) is 17.5 Å². The van der Waals surface area contributed by atoms with E-state index in [1.54, 1.807) is 12.1 Å². The topological polar surface area (TPSA) is 103 Å². The van der Waals surface area contributed by atoms with Crippen LogP contribution < -0.4 is 5.56 Å². The number of fused-ring (bicyclic) bond motifs is 1. The summed E-state index contributed by atoms with van der Waals surface area (Å²) in [7, 11) is 0. The fourth-order valence-corrected chi connectivity index (χ4v) is 3.09. The average Bonchev–Trinajstić information content (AvgIpc) is 3.13. The normalized spacial score (nSPS) is 14.4. The first-order valence-electron chi connectivity index (χ1n) is 7.99. The predicted octanol–water partition coefficient (Wildman–Crippen LogP) is 2.00. The molecule has 2 aromatic heterocycles. The highest BCUT2D eigenvalue weighted by Crippen LogP contribution is 2.26. The Morgan fingerprint density at radius 1 is 1.28 bits per heavy atom. The zero-order valence-corrected chi connectivity index (χ0v) is 13.4. The number of phenolic OH excluding ortho intramolecular Hbond substituents is 2. The number of furan rings is 1. The number of nitrogens with zero attached hydrogens (tertiary/aromatic N) is 2. The molecule has 0 atom stereocenters. The van der Waals surface area contributed by atoms with Crippen molar-refractivity contribution in [3.05, 3.63) is 63.8 Å². The molecular weight excluding hydrogens is 322 g/mol. The Hall–Kier alpha value is -3.06. The molecule has 128 valence electrons. The molecule has 0 saturated heterocycles. The molecule has 1 aromatic carbocycles. The summed E-state index contributed by atoms with van der Waals surface area (Å²) in [5, 5.41) is 19.5. The van der Waals surface area contributed by atoms with Crippen LogP contribution in [0.4, 0.5) is 0 Å². The van der Waals surface area contributed by atoms with Gasteiger partial charge in [-0.15, -0.1) is 0 Å². The summed E-state index contributed by atoms with van der Waals surface area (Å²) in [6.45, 7) is 1.58. The Morgan fingerprint density at radius 3 is 2.96 bits per heavy atom. The molecule has 7 nitrogen and oxygen atoms in total. The number of phenols is 2. The number of nitrogens with one attached hydrogen (secondary N) is 1. The van der Waals surface area contributed by atoms with Crippen molar-refractivity contribution in [3.63, 3.8) is 0 Å². The number of aromatic amines is 1. The van der Waals surface area contributed by atoms with Gasteiger partial charge in [-0.1, -0.05) is 0 Å². The van der Waals surface area contributed by atoms with E-state index in [1.165, 1.54) is 24.5 Å². The van der Waals surface area contributed by atoms with Gasteiger partial charge in [-0.2, -0.15) is 0 Å². The van der Waals surface area contributed by atoms with Crippen molar-refractivity contribution >= 4 is 0 Å². The lowest BCUT2D eigenvalue weighted by atomic mass is 10.1. The van der Waals surface area contributed by atoms with Gasteiger partial charge in [0.25, 0.3) is 5.56 Å². The molecule has 0 saturated carbocycles. The quantitative estimate of drug-likeness (QED) is 0.631. The molecule has 4 rings (SSSR count). The second-order valence-corrected chi connectivity index (χ2v) is 6.09. The maximum atomic E-state index is 12.4. The van der Waals surface area contributed by atoms with E-state index < -0.39 is 0 Å². The first-order chi connectivity index (χ1) is 12.1. The van der Waals surface area contributed by atoms with Crippen LogP contribution in [0, 0.1) is 0 Å². The summed E-state index contributed by atoms with van der Waals surface area (Å²) in [4.78, 5) is 21.8. The monoisotopic (exact) mass is 339 g/mol. The summed E-state index contributed by atoms with van der Waals surface area (Å²) < 4.78 is 5.30. The highest BCUT2D eigenvalue weighted by molar-refractivity contribution is 5.47. The van der Waals surface area contributed by atoms with Crippen molar-refractivity contribution in [1.29, 1.82) is 0 Å². The van der Waals surface area contributed by atoms with E-state index in [0.717, 1.165) is 5.69 Å². The van der Waals surface area contributed by atoms with Crippen LogP contribution in [0.1, 0.15) is 16.8 Å². The minimum Gasteiger partial charge on any atom is -0.508 e. The zero-order valence-electron chi connectivity index (χ0n) is 13.4. The van der Waals surface area contributed by atoms with Crippen molar-refractivity contribution in [3.8, 4) is 23.1 Å². The summed E-state index contributed by atoms with van der Waals surface area (Å²) in [6.07, 6.45) is 2.17. The van der Waals surface area contributed by atoms with E-state index in [1.807, 2.05) is 4.90 Å². The van der Waals surface area contributed by atoms with Gasteiger partial charge >= 0.3 is 0 Å². The van der Waals surface area contributed by atoms with E-state index in [0.29, 0.717) is 48.8 Å². The molecule has 1 aliphatic rings. The van der Waals surface area contributed by atoms with E-state index in [-0.39, 0.29) is 17.1 Å². The third kappa shape index (κ3) is 3.01. The number of hydrogen-bond acceptors (Lipinski definition) is 6. The molecule has 1 aliphatic heterocycles. The van der Waals surface area contributed by atoms with Crippen LogP contribution in [0.3, 0.4) is 0 Å².